The minimum atomic E-state index is 0.891. The highest BCUT2D eigenvalue weighted by Crippen LogP contribution is 2.50. The van der Waals surface area contributed by atoms with Crippen molar-refractivity contribution in [2.24, 2.45) is 0 Å². The first kappa shape index (κ1) is 76.9. The summed E-state index contributed by atoms with van der Waals surface area (Å²) in [7, 11) is 0. The summed E-state index contributed by atoms with van der Waals surface area (Å²) in [5, 5.41) is 14.1. The van der Waals surface area contributed by atoms with Crippen molar-refractivity contribution >= 4 is 255 Å². The van der Waals surface area contributed by atoms with Gasteiger partial charge in [-0.3, -0.25) is 0 Å². The van der Waals surface area contributed by atoms with Crippen molar-refractivity contribution in [2.75, 3.05) is 14.7 Å². The number of anilines is 9. The number of furan rings is 5. The van der Waals surface area contributed by atoms with Crippen molar-refractivity contribution in [3.8, 4) is 44.5 Å². The smallest absolute Gasteiger partial charge is 0.154 e. The molecular formula is C120H73N3O5S4. The third-order valence-corrected chi connectivity index (χ3v) is 30.1. The van der Waals surface area contributed by atoms with Gasteiger partial charge in [0.2, 0.25) is 0 Å². The normalized spacial score (nSPS) is 11.8. The zero-order valence-electron chi connectivity index (χ0n) is 70.7. The highest BCUT2D eigenvalue weighted by Gasteiger charge is 2.25. The van der Waals surface area contributed by atoms with E-state index in [1.807, 2.05) is 35.6 Å². The van der Waals surface area contributed by atoms with Crippen LogP contribution in [0.2, 0.25) is 0 Å². The lowest BCUT2D eigenvalue weighted by molar-refractivity contribution is 0.668. The standard InChI is InChI=1S/C44H27NO2S.C38H23NO2S.C38H23NOS2/c1-2-8-28(9-3-1)29-14-19-32(20-15-29)45(34-23-24-36-41(27-34)47-43-37-11-5-7-13-42(37)48-44(36)43)33-21-16-30(17-22-33)31-18-25-40-38(26-31)35-10-4-6-12-39(35)46-40;1-2-10-26(11-3-1)39(28-18-19-30-35(23-28)41-37-31-14-5-7-16-36(31)42-38(30)37)27-12-8-9-24(21-27)25-17-20-34-32(22-25)29-13-4-6-15-33(29)40-34;1-2-8-26(9-3-1)39(28-19-21-36-32(23-28)29-10-4-6-12-34(29)41-36)27-17-14-24(15-18-27)25-16-20-30-33(22-25)40-37-31-11-5-7-13-35(31)42-38(30)37/h1-27H;2*1-23H. The zero-order valence-corrected chi connectivity index (χ0v) is 73.9. The van der Waals surface area contributed by atoms with Gasteiger partial charge >= 0.3 is 0 Å². The van der Waals surface area contributed by atoms with Crippen molar-refractivity contribution in [1.82, 2.24) is 0 Å². The molecule has 0 aliphatic carbocycles. The van der Waals surface area contributed by atoms with E-state index in [4.69, 9.17) is 22.1 Å². The van der Waals surface area contributed by atoms with Crippen molar-refractivity contribution in [3.63, 3.8) is 0 Å². The second-order valence-electron chi connectivity index (χ2n) is 33.3. The van der Waals surface area contributed by atoms with Crippen LogP contribution in [0.4, 0.5) is 51.2 Å². The number of nitrogens with zero attached hydrogens (tertiary/aromatic N) is 3. The van der Waals surface area contributed by atoms with Crippen LogP contribution in [-0.2, 0) is 0 Å². The van der Waals surface area contributed by atoms with E-state index < -0.39 is 0 Å². The molecule has 8 nitrogen and oxygen atoms in total. The summed E-state index contributed by atoms with van der Waals surface area (Å²) in [5.74, 6) is 0. The summed E-state index contributed by atoms with van der Waals surface area (Å²) < 4.78 is 41.6. The van der Waals surface area contributed by atoms with Crippen LogP contribution in [0.5, 0.6) is 0 Å². The van der Waals surface area contributed by atoms with Gasteiger partial charge in [0.15, 0.2) is 16.7 Å². The molecule has 622 valence electrons. The molecule has 9 heterocycles. The Balaban J connectivity index is 0.000000104. The summed E-state index contributed by atoms with van der Waals surface area (Å²) >= 11 is 7.24. The Morgan fingerprint density at radius 3 is 0.909 bits per heavy atom. The quantitative estimate of drug-likeness (QED) is 0.113. The van der Waals surface area contributed by atoms with E-state index >= 15 is 0 Å². The van der Waals surface area contributed by atoms with Crippen LogP contribution < -0.4 is 14.7 Å². The van der Waals surface area contributed by atoms with Gasteiger partial charge in [-0.1, -0.05) is 224 Å². The van der Waals surface area contributed by atoms with Crippen LogP contribution in [-0.4, -0.2) is 0 Å². The van der Waals surface area contributed by atoms with E-state index in [0.717, 1.165) is 173 Å². The Hall–Kier alpha value is -16.3. The molecule has 28 rings (SSSR count). The second-order valence-corrected chi connectivity index (χ2v) is 37.5. The molecule has 0 saturated carbocycles. The van der Waals surface area contributed by atoms with E-state index in [2.05, 4.69) is 433 Å². The number of thiophene rings is 4. The Bertz CT molecular complexity index is 9320. The fraction of sp³-hybridized carbons (Fsp3) is 0. The predicted octanol–water partition coefficient (Wildman–Crippen LogP) is 37.6. The molecule has 0 unspecified atom stereocenters. The van der Waals surface area contributed by atoms with Gasteiger partial charge in [0.05, 0.1) is 14.1 Å². The van der Waals surface area contributed by atoms with E-state index in [1.54, 1.807) is 34.0 Å². The van der Waals surface area contributed by atoms with Gasteiger partial charge in [-0.25, -0.2) is 0 Å². The number of hydrogen-bond acceptors (Lipinski definition) is 12. The van der Waals surface area contributed by atoms with E-state index in [-0.39, 0.29) is 0 Å². The summed E-state index contributed by atoms with van der Waals surface area (Å²) in [6.07, 6.45) is 0. The largest absolute Gasteiger partial charge is 0.456 e. The monoisotopic (exact) mass is 1760 g/mol. The SMILES string of the molecule is c1ccc(-c2ccc(N(c3ccc(-c4ccc5oc6ccccc6c5c4)cc3)c3ccc4c(c3)oc3c5ccccc5sc43)cc2)cc1.c1ccc(N(c2ccc(-c3ccc4c(c3)oc3c5ccccc5sc43)cc2)c2ccc3sc4ccccc4c3c2)cc1.c1ccc(N(c2cccc(-c3ccc4oc5ccccc5c4c3)c2)c2ccc3c(c2)oc2c4ccccc4sc32)cc1. The highest BCUT2D eigenvalue weighted by molar-refractivity contribution is 7.27. The summed E-state index contributed by atoms with van der Waals surface area (Å²) in [5.41, 5.74) is 28.4. The molecule has 0 N–H and O–H groups in total. The minimum Gasteiger partial charge on any atom is -0.456 e. The zero-order chi connectivity index (χ0) is 86.9. The fourth-order valence-electron chi connectivity index (χ4n) is 19.1. The molecule has 0 fully saturated rings. The number of para-hydroxylation sites is 4. The number of benzene rings is 19. The van der Waals surface area contributed by atoms with Gasteiger partial charge < -0.3 is 36.8 Å². The lowest BCUT2D eigenvalue weighted by atomic mass is 10.0. The topological polar surface area (TPSA) is 75.4 Å². The molecule has 0 spiro atoms. The van der Waals surface area contributed by atoms with Crippen molar-refractivity contribution in [1.29, 1.82) is 0 Å². The molecule has 9 aromatic heterocycles. The number of hydrogen-bond donors (Lipinski definition) is 0. The van der Waals surface area contributed by atoms with Crippen molar-refractivity contribution in [2.45, 2.75) is 0 Å². The van der Waals surface area contributed by atoms with Gasteiger partial charge in [0.1, 0.15) is 39.1 Å². The third kappa shape index (κ3) is 13.4. The Labute approximate surface area is 772 Å². The van der Waals surface area contributed by atoms with Crippen LogP contribution in [0.15, 0.2) is 465 Å². The summed E-state index contributed by atoms with van der Waals surface area (Å²) in [6, 6.07) is 157. The molecule has 132 heavy (non-hydrogen) atoms. The third-order valence-electron chi connectivity index (χ3n) is 25.4. The lowest BCUT2D eigenvalue weighted by Gasteiger charge is -2.26. The van der Waals surface area contributed by atoms with Crippen LogP contribution in [0, 0.1) is 0 Å². The maximum atomic E-state index is 6.56. The maximum absolute atomic E-state index is 6.56. The average Bonchev–Trinajstić information content (AvgIpc) is 1.59. The Morgan fingerprint density at radius 2 is 0.424 bits per heavy atom. The number of fused-ring (bicyclic) bond motifs is 24. The first-order valence-electron chi connectivity index (χ1n) is 44.1. The summed E-state index contributed by atoms with van der Waals surface area (Å²) in [6.45, 7) is 0. The average molecular weight is 1770 g/mol. The minimum absolute atomic E-state index is 0.891. The Morgan fingerprint density at radius 1 is 0.136 bits per heavy atom. The van der Waals surface area contributed by atoms with Gasteiger partial charge in [0, 0.05) is 151 Å². The van der Waals surface area contributed by atoms with Crippen molar-refractivity contribution in [3.05, 3.63) is 443 Å². The molecule has 0 saturated heterocycles. The van der Waals surface area contributed by atoms with Crippen LogP contribution in [0.25, 0.3) is 203 Å². The van der Waals surface area contributed by atoms with Crippen LogP contribution >= 0.6 is 45.3 Å². The van der Waals surface area contributed by atoms with Crippen LogP contribution in [0.3, 0.4) is 0 Å². The maximum Gasteiger partial charge on any atom is 0.154 e. The van der Waals surface area contributed by atoms with E-state index in [0.29, 0.717) is 0 Å². The van der Waals surface area contributed by atoms with E-state index in [9.17, 15) is 0 Å². The molecule has 0 atom stereocenters. The first-order valence-corrected chi connectivity index (χ1v) is 47.4. The second kappa shape index (κ2) is 31.9. The number of rotatable bonds is 13. The molecule has 19 aromatic carbocycles. The van der Waals surface area contributed by atoms with E-state index in [1.165, 1.54) is 81.0 Å². The molecule has 0 bridgehead atoms. The Kier molecular flexibility index (Phi) is 18.6. The van der Waals surface area contributed by atoms with Crippen LogP contribution in [0.1, 0.15) is 0 Å². The van der Waals surface area contributed by atoms with Gasteiger partial charge in [-0.05, 0) is 251 Å². The molecule has 0 amide bonds. The molecule has 12 heteroatoms. The van der Waals surface area contributed by atoms with Gasteiger partial charge in [0.25, 0.3) is 0 Å². The molecule has 28 aromatic rings. The fourth-order valence-corrected chi connectivity index (χ4v) is 23.6. The lowest BCUT2D eigenvalue weighted by Crippen LogP contribution is -2.09. The predicted molar refractivity (Wildman–Crippen MR) is 561 cm³/mol. The first-order chi connectivity index (χ1) is 65.4. The molecule has 0 aliphatic rings. The molecule has 0 aliphatic heterocycles. The molecular weight excluding hydrogens is 1690 g/mol. The highest BCUT2D eigenvalue weighted by atomic mass is 32.1. The molecule has 0 radical (unpaired) electrons. The van der Waals surface area contributed by atoms with Gasteiger partial charge in [-0.2, -0.15) is 0 Å². The summed E-state index contributed by atoms with van der Waals surface area (Å²) in [4.78, 5) is 6.94. The van der Waals surface area contributed by atoms with Gasteiger partial charge in [-0.15, -0.1) is 45.3 Å². The van der Waals surface area contributed by atoms with Crippen molar-refractivity contribution < 1.29 is 22.1 Å².